The molecule has 1 aromatic carbocycles. The fraction of sp³-hybridized carbons (Fsp3) is 0.438. The molecule has 0 aliphatic carbocycles. The highest BCUT2D eigenvalue weighted by atomic mass is 35.5. The molecule has 2 aromatic rings. The summed E-state index contributed by atoms with van der Waals surface area (Å²) in [6, 6.07) is 5.78. The van der Waals surface area contributed by atoms with Crippen molar-refractivity contribution in [2.24, 2.45) is 0 Å². The molecule has 21 heavy (non-hydrogen) atoms. The van der Waals surface area contributed by atoms with Crippen LogP contribution in [0.4, 0.5) is 0 Å². The molecule has 1 aromatic heterocycles. The van der Waals surface area contributed by atoms with Crippen LogP contribution in [0.25, 0.3) is 0 Å². The zero-order valence-electron chi connectivity index (χ0n) is 12.9. The van der Waals surface area contributed by atoms with Crippen LogP contribution in [0, 0.1) is 6.92 Å². The van der Waals surface area contributed by atoms with Crippen LogP contribution in [0.15, 0.2) is 23.6 Å². The third-order valence-corrected chi connectivity index (χ3v) is 4.03. The molecular formula is C16H21ClN2OS. The lowest BCUT2D eigenvalue weighted by Gasteiger charge is -2.19. The van der Waals surface area contributed by atoms with Crippen molar-refractivity contribution in [3.63, 3.8) is 0 Å². The van der Waals surface area contributed by atoms with Crippen LogP contribution in [-0.2, 0) is 13.2 Å². The molecule has 0 atom stereocenters. The lowest BCUT2D eigenvalue weighted by atomic mass is 10.1. The number of thiazole rings is 1. The number of nitrogens with one attached hydrogen (secondary N) is 1. The smallest absolute Gasteiger partial charge is 0.138 e. The minimum Gasteiger partial charge on any atom is -0.486 e. The second-order valence-electron chi connectivity index (χ2n) is 6.06. The molecule has 0 fully saturated rings. The molecule has 0 unspecified atom stereocenters. The number of hydrogen-bond acceptors (Lipinski definition) is 4. The second-order valence-corrected chi connectivity index (χ2v) is 7.41. The monoisotopic (exact) mass is 324 g/mol. The molecule has 3 nitrogen and oxygen atoms in total. The molecule has 1 heterocycles. The number of nitrogens with zero attached hydrogens (tertiary/aromatic N) is 1. The van der Waals surface area contributed by atoms with E-state index >= 15 is 0 Å². The Morgan fingerprint density at radius 1 is 1.33 bits per heavy atom. The van der Waals surface area contributed by atoms with Gasteiger partial charge in [-0.05, 0) is 45.4 Å². The van der Waals surface area contributed by atoms with E-state index in [0.717, 1.165) is 22.8 Å². The molecule has 114 valence electrons. The summed E-state index contributed by atoms with van der Waals surface area (Å²) in [6.45, 7) is 9.65. The van der Waals surface area contributed by atoms with Crippen LogP contribution in [0.3, 0.4) is 0 Å². The van der Waals surface area contributed by atoms with Gasteiger partial charge in [-0.3, -0.25) is 0 Å². The Morgan fingerprint density at radius 2 is 2.10 bits per heavy atom. The van der Waals surface area contributed by atoms with Crippen LogP contribution in [0.2, 0.25) is 5.02 Å². The van der Waals surface area contributed by atoms with Crippen LogP contribution in [0.1, 0.15) is 37.0 Å². The van der Waals surface area contributed by atoms with Crippen LogP contribution in [-0.4, -0.2) is 10.5 Å². The molecule has 0 aliphatic rings. The zero-order chi connectivity index (χ0) is 15.5. The number of aromatic nitrogens is 1. The normalized spacial score (nSPS) is 11.7. The van der Waals surface area contributed by atoms with Gasteiger partial charge in [0, 0.05) is 17.5 Å². The first-order chi connectivity index (χ1) is 9.83. The van der Waals surface area contributed by atoms with E-state index in [4.69, 9.17) is 16.3 Å². The first-order valence-electron chi connectivity index (χ1n) is 6.91. The van der Waals surface area contributed by atoms with E-state index in [1.807, 2.05) is 30.5 Å². The second kappa shape index (κ2) is 6.77. The Hall–Kier alpha value is -1.10. The van der Waals surface area contributed by atoms with E-state index in [1.165, 1.54) is 0 Å². The number of ether oxygens (including phenoxy) is 1. The molecule has 0 bridgehead atoms. The lowest BCUT2D eigenvalue weighted by Crippen LogP contribution is -2.35. The molecule has 0 saturated carbocycles. The average Bonchev–Trinajstić information content (AvgIpc) is 2.82. The quantitative estimate of drug-likeness (QED) is 0.874. The van der Waals surface area contributed by atoms with Gasteiger partial charge in [0.2, 0.25) is 0 Å². The van der Waals surface area contributed by atoms with E-state index in [0.29, 0.717) is 17.4 Å². The van der Waals surface area contributed by atoms with Gasteiger partial charge in [0.1, 0.15) is 17.4 Å². The van der Waals surface area contributed by atoms with E-state index in [2.05, 4.69) is 31.1 Å². The molecule has 1 N–H and O–H groups in total. The number of aryl methyl sites for hydroxylation is 1. The summed E-state index contributed by atoms with van der Waals surface area (Å²) >= 11 is 7.79. The van der Waals surface area contributed by atoms with Crippen molar-refractivity contribution in [3.05, 3.63) is 44.9 Å². The van der Waals surface area contributed by atoms with Gasteiger partial charge in [0.05, 0.1) is 10.7 Å². The maximum Gasteiger partial charge on any atom is 0.138 e. The third kappa shape index (κ3) is 5.30. The van der Waals surface area contributed by atoms with E-state index in [9.17, 15) is 0 Å². The van der Waals surface area contributed by atoms with Crippen molar-refractivity contribution in [3.8, 4) is 5.75 Å². The van der Waals surface area contributed by atoms with Crippen molar-refractivity contribution < 1.29 is 4.74 Å². The van der Waals surface area contributed by atoms with Gasteiger partial charge < -0.3 is 10.1 Å². The SMILES string of the molecule is Cc1ccc(OCc2csc(CNC(C)(C)C)n2)c(Cl)c1. The number of rotatable bonds is 5. The number of hydrogen-bond donors (Lipinski definition) is 1. The highest BCUT2D eigenvalue weighted by Gasteiger charge is 2.10. The average molecular weight is 325 g/mol. The van der Waals surface area contributed by atoms with Crippen molar-refractivity contribution in [1.29, 1.82) is 0 Å². The van der Waals surface area contributed by atoms with E-state index in [-0.39, 0.29) is 5.54 Å². The number of benzene rings is 1. The predicted octanol–water partition coefficient (Wildman–Crippen LogP) is 4.57. The standard InChI is InChI=1S/C16H21ClN2OS/c1-11-5-6-14(13(17)7-11)20-9-12-10-21-15(19-12)8-18-16(2,3)4/h5-7,10,18H,8-9H2,1-4H3. The Morgan fingerprint density at radius 3 is 2.76 bits per heavy atom. The summed E-state index contributed by atoms with van der Waals surface area (Å²) in [4.78, 5) is 4.56. The van der Waals surface area contributed by atoms with Crippen LogP contribution >= 0.6 is 22.9 Å². The summed E-state index contributed by atoms with van der Waals surface area (Å²) in [7, 11) is 0. The summed E-state index contributed by atoms with van der Waals surface area (Å²) < 4.78 is 5.73. The first-order valence-corrected chi connectivity index (χ1v) is 8.16. The Bertz CT molecular complexity index is 605. The van der Waals surface area contributed by atoms with Crippen molar-refractivity contribution >= 4 is 22.9 Å². The van der Waals surface area contributed by atoms with Crippen LogP contribution in [0.5, 0.6) is 5.75 Å². The van der Waals surface area contributed by atoms with Gasteiger partial charge >= 0.3 is 0 Å². The maximum absolute atomic E-state index is 6.15. The molecule has 0 aliphatic heterocycles. The molecule has 0 spiro atoms. The fourth-order valence-corrected chi connectivity index (χ4v) is 2.72. The van der Waals surface area contributed by atoms with E-state index in [1.54, 1.807) is 11.3 Å². The van der Waals surface area contributed by atoms with Crippen molar-refractivity contribution in [2.75, 3.05) is 0 Å². The maximum atomic E-state index is 6.15. The topological polar surface area (TPSA) is 34.1 Å². The third-order valence-electron chi connectivity index (χ3n) is 2.83. The largest absolute Gasteiger partial charge is 0.486 e. The molecule has 0 radical (unpaired) electrons. The van der Waals surface area contributed by atoms with Gasteiger partial charge in [-0.2, -0.15) is 0 Å². The highest BCUT2D eigenvalue weighted by molar-refractivity contribution is 7.09. The predicted molar refractivity (Wildman–Crippen MR) is 89.2 cm³/mol. The van der Waals surface area contributed by atoms with Crippen molar-refractivity contribution in [1.82, 2.24) is 10.3 Å². The van der Waals surface area contributed by atoms with Gasteiger partial charge in [-0.1, -0.05) is 17.7 Å². The Kier molecular flexibility index (Phi) is 5.25. The van der Waals surface area contributed by atoms with Gasteiger partial charge in [0.15, 0.2) is 0 Å². The van der Waals surface area contributed by atoms with E-state index < -0.39 is 0 Å². The zero-order valence-corrected chi connectivity index (χ0v) is 14.4. The summed E-state index contributed by atoms with van der Waals surface area (Å²) in [5.41, 5.74) is 2.15. The van der Waals surface area contributed by atoms with Gasteiger partial charge in [0.25, 0.3) is 0 Å². The number of halogens is 1. The van der Waals surface area contributed by atoms with Crippen LogP contribution < -0.4 is 10.1 Å². The van der Waals surface area contributed by atoms with Gasteiger partial charge in [-0.25, -0.2) is 4.98 Å². The molecule has 5 heteroatoms. The summed E-state index contributed by atoms with van der Waals surface area (Å²) in [5, 5.41) is 7.16. The lowest BCUT2D eigenvalue weighted by molar-refractivity contribution is 0.302. The fourth-order valence-electron chi connectivity index (χ4n) is 1.71. The Balaban J connectivity index is 1.90. The minimum absolute atomic E-state index is 0.0950. The minimum atomic E-state index is 0.0950. The highest BCUT2D eigenvalue weighted by Crippen LogP contribution is 2.26. The summed E-state index contributed by atoms with van der Waals surface area (Å²) in [5.74, 6) is 0.699. The molecule has 0 amide bonds. The Labute approximate surface area is 135 Å². The molecule has 0 saturated heterocycles. The summed E-state index contributed by atoms with van der Waals surface area (Å²) in [6.07, 6.45) is 0. The molecule has 2 rings (SSSR count). The first kappa shape index (κ1) is 16.3. The van der Waals surface area contributed by atoms with Crippen molar-refractivity contribution in [2.45, 2.75) is 46.4 Å². The van der Waals surface area contributed by atoms with Gasteiger partial charge in [-0.15, -0.1) is 11.3 Å². The molecular weight excluding hydrogens is 304 g/mol.